The number of hydrogen-bond acceptors (Lipinski definition) is 3. The van der Waals surface area contributed by atoms with Gasteiger partial charge in [-0.25, -0.2) is 0 Å². The van der Waals surface area contributed by atoms with Crippen molar-refractivity contribution in [3.8, 4) is 0 Å². The summed E-state index contributed by atoms with van der Waals surface area (Å²) in [5, 5.41) is 8.78. The summed E-state index contributed by atoms with van der Waals surface area (Å²) in [7, 11) is 0. The fraction of sp³-hybridized carbons (Fsp3) is 0.769. The lowest BCUT2D eigenvalue weighted by molar-refractivity contribution is -0.121. The molecular formula is C13H22O3. The lowest BCUT2D eigenvalue weighted by Crippen LogP contribution is -2.15. The zero-order chi connectivity index (χ0) is 12.1. The van der Waals surface area contributed by atoms with E-state index in [0.29, 0.717) is 12.3 Å². The second-order valence-corrected chi connectivity index (χ2v) is 4.91. The number of aliphatic hydroxyl groups excluding tert-OH is 1. The molecule has 92 valence electrons. The van der Waals surface area contributed by atoms with Gasteiger partial charge in [-0.05, 0) is 32.6 Å². The number of ketones is 1. The number of ether oxygens (including phenoxy) is 1. The Morgan fingerprint density at radius 3 is 2.69 bits per heavy atom. The Labute approximate surface area is 97.5 Å². The molecule has 1 rings (SSSR count). The van der Waals surface area contributed by atoms with Gasteiger partial charge in [0.2, 0.25) is 0 Å². The maximum atomic E-state index is 11.6. The fourth-order valence-electron chi connectivity index (χ4n) is 1.78. The molecule has 3 nitrogen and oxygen atoms in total. The predicted octanol–water partition coefficient (Wildman–Crippen LogP) is 2.09. The maximum absolute atomic E-state index is 11.6. The summed E-state index contributed by atoms with van der Waals surface area (Å²) in [6.07, 6.45) is 4.29. The van der Waals surface area contributed by atoms with Crippen LogP contribution in [0.5, 0.6) is 0 Å². The third kappa shape index (κ3) is 4.45. The van der Waals surface area contributed by atoms with Gasteiger partial charge in [-0.2, -0.15) is 0 Å². The Balaban J connectivity index is 2.17. The van der Waals surface area contributed by atoms with Gasteiger partial charge in [-0.15, -0.1) is 0 Å². The highest BCUT2D eigenvalue weighted by atomic mass is 16.6. The summed E-state index contributed by atoms with van der Waals surface area (Å²) in [5.74, 6) is 0.537. The first-order valence-corrected chi connectivity index (χ1v) is 5.97. The van der Waals surface area contributed by atoms with E-state index in [4.69, 9.17) is 9.84 Å². The van der Waals surface area contributed by atoms with Crippen molar-refractivity contribution in [1.82, 2.24) is 0 Å². The van der Waals surface area contributed by atoms with E-state index in [1.54, 1.807) is 0 Å². The van der Waals surface area contributed by atoms with Gasteiger partial charge in [0.05, 0.1) is 6.61 Å². The van der Waals surface area contributed by atoms with Crippen molar-refractivity contribution in [3.05, 3.63) is 11.6 Å². The van der Waals surface area contributed by atoms with Crippen LogP contribution in [-0.2, 0) is 9.53 Å². The monoisotopic (exact) mass is 226 g/mol. The van der Waals surface area contributed by atoms with Gasteiger partial charge >= 0.3 is 0 Å². The summed E-state index contributed by atoms with van der Waals surface area (Å²) >= 11 is 0. The van der Waals surface area contributed by atoms with E-state index in [0.717, 1.165) is 12.8 Å². The maximum Gasteiger partial charge on any atom is 0.164 e. The Kier molecular flexibility index (Phi) is 5.16. The van der Waals surface area contributed by atoms with E-state index < -0.39 is 0 Å². The van der Waals surface area contributed by atoms with Crippen molar-refractivity contribution in [1.29, 1.82) is 0 Å². The summed E-state index contributed by atoms with van der Waals surface area (Å²) in [5.41, 5.74) is 1.32. The van der Waals surface area contributed by atoms with Gasteiger partial charge in [-0.3, -0.25) is 4.79 Å². The molecule has 1 fully saturated rings. The van der Waals surface area contributed by atoms with E-state index in [9.17, 15) is 4.79 Å². The highest BCUT2D eigenvalue weighted by Crippen LogP contribution is 2.25. The van der Waals surface area contributed by atoms with Crippen LogP contribution in [0.1, 0.15) is 40.0 Å². The number of aliphatic hydroxyl groups is 1. The number of hydrogen-bond donors (Lipinski definition) is 1. The van der Waals surface area contributed by atoms with Crippen molar-refractivity contribution >= 4 is 5.78 Å². The highest BCUT2D eigenvalue weighted by Gasteiger charge is 2.43. The second kappa shape index (κ2) is 6.16. The Bertz CT molecular complexity index is 266. The zero-order valence-corrected chi connectivity index (χ0v) is 10.4. The molecule has 0 amide bonds. The highest BCUT2D eigenvalue weighted by molar-refractivity contribution is 5.86. The van der Waals surface area contributed by atoms with E-state index in [1.807, 2.05) is 0 Å². The molecule has 3 heteroatoms. The van der Waals surface area contributed by atoms with Crippen LogP contribution in [0, 0.1) is 5.92 Å². The Hall–Kier alpha value is -0.670. The first-order valence-electron chi connectivity index (χ1n) is 5.97. The molecule has 1 saturated heterocycles. The number of rotatable bonds is 7. The molecule has 0 aromatic rings. The quantitative estimate of drug-likeness (QED) is 0.534. The van der Waals surface area contributed by atoms with Gasteiger partial charge in [0.1, 0.15) is 12.2 Å². The number of carbonyl (C=O) groups is 1. The smallest absolute Gasteiger partial charge is 0.164 e. The first kappa shape index (κ1) is 13.4. The molecule has 16 heavy (non-hydrogen) atoms. The SMILES string of the molecule is CC(C)=CCCC(C)CC(=O)C1OC1CO. The number of epoxide rings is 1. The van der Waals surface area contributed by atoms with Crippen LogP contribution in [-0.4, -0.2) is 29.7 Å². The molecule has 3 atom stereocenters. The van der Waals surface area contributed by atoms with Crippen LogP contribution >= 0.6 is 0 Å². The second-order valence-electron chi connectivity index (χ2n) is 4.91. The summed E-state index contributed by atoms with van der Waals surface area (Å²) < 4.78 is 5.06. The van der Waals surface area contributed by atoms with Crippen LogP contribution in [0.4, 0.5) is 0 Å². The minimum atomic E-state index is -0.323. The fourth-order valence-corrected chi connectivity index (χ4v) is 1.78. The molecular weight excluding hydrogens is 204 g/mol. The van der Waals surface area contributed by atoms with Crippen LogP contribution in [0.2, 0.25) is 0 Å². The van der Waals surface area contributed by atoms with Crippen LogP contribution in [0.15, 0.2) is 11.6 Å². The van der Waals surface area contributed by atoms with Crippen LogP contribution in [0.25, 0.3) is 0 Å². The lowest BCUT2D eigenvalue weighted by atomic mass is 9.97. The predicted molar refractivity (Wildman–Crippen MR) is 63.2 cm³/mol. The number of carbonyl (C=O) groups excluding carboxylic acids is 1. The standard InChI is InChI=1S/C13H22O3/c1-9(2)5-4-6-10(3)7-11(15)13-12(8-14)16-13/h5,10,12-14H,4,6-8H2,1-3H3. The third-order valence-corrected chi connectivity index (χ3v) is 2.84. The van der Waals surface area contributed by atoms with Gasteiger partial charge in [0, 0.05) is 6.42 Å². The Morgan fingerprint density at radius 2 is 2.19 bits per heavy atom. The van der Waals surface area contributed by atoms with Crippen molar-refractivity contribution in [2.75, 3.05) is 6.61 Å². The Morgan fingerprint density at radius 1 is 1.50 bits per heavy atom. The third-order valence-electron chi connectivity index (χ3n) is 2.84. The van der Waals surface area contributed by atoms with Gasteiger partial charge in [-0.1, -0.05) is 18.6 Å². The molecule has 1 aliphatic heterocycles. The largest absolute Gasteiger partial charge is 0.394 e. The molecule has 0 aromatic carbocycles. The van der Waals surface area contributed by atoms with Crippen LogP contribution < -0.4 is 0 Å². The summed E-state index contributed by atoms with van der Waals surface area (Å²) in [6.45, 7) is 6.22. The molecule has 0 radical (unpaired) electrons. The molecule has 0 aliphatic carbocycles. The number of allylic oxidation sites excluding steroid dienone is 2. The van der Waals surface area contributed by atoms with Crippen LogP contribution in [0.3, 0.4) is 0 Å². The van der Waals surface area contributed by atoms with E-state index in [1.165, 1.54) is 5.57 Å². The molecule has 0 bridgehead atoms. The molecule has 0 aromatic heterocycles. The molecule has 1 aliphatic rings. The molecule has 1 heterocycles. The van der Waals surface area contributed by atoms with Crippen molar-refractivity contribution < 1.29 is 14.6 Å². The summed E-state index contributed by atoms with van der Waals surface area (Å²) in [6, 6.07) is 0. The van der Waals surface area contributed by atoms with Gasteiger partial charge < -0.3 is 9.84 Å². The minimum Gasteiger partial charge on any atom is -0.394 e. The average molecular weight is 226 g/mol. The van der Waals surface area contributed by atoms with Gasteiger partial charge in [0.15, 0.2) is 5.78 Å². The molecule has 0 spiro atoms. The van der Waals surface area contributed by atoms with E-state index in [2.05, 4.69) is 26.8 Å². The van der Waals surface area contributed by atoms with E-state index in [-0.39, 0.29) is 24.6 Å². The zero-order valence-electron chi connectivity index (χ0n) is 10.4. The molecule has 1 N–H and O–H groups in total. The van der Waals surface area contributed by atoms with Gasteiger partial charge in [0.25, 0.3) is 0 Å². The first-order chi connectivity index (χ1) is 7.54. The van der Waals surface area contributed by atoms with E-state index >= 15 is 0 Å². The number of Topliss-reactive ketones (excluding diaryl/α,β-unsaturated/α-hetero) is 1. The lowest BCUT2D eigenvalue weighted by Gasteiger charge is -2.07. The molecule has 0 saturated carbocycles. The van der Waals surface area contributed by atoms with Crippen molar-refractivity contribution in [2.45, 2.75) is 52.2 Å². The topological polar surface area (TPSA) is 49.8 Å². The average Bonchev–Trinajstić information content (AvgIpc) is 2.95. The van der Waals surface area contributed by atoms with Crippen molar-refractivity contribution in [3.63, 3.8) is 0 Å². The van der Waals surface area contributed by atoms with Crippen molar-refractivity contribution in [2.24, 2.45) is 5.92 Å². The normalized spacial score (nSPS) is 25.0. The summed E-state index contributed by atoms with van der Waals surface area (Å²) in [4.78, 5) is 11.6. The minimum absolute atomic E-state index is 0.0391. The molecule has 3 unspecified atom stereocenters.